The molecule has 1 aliphatic heterocycles. The van der Waals surface area contributed by atoms with Gasteiger partial charge in [-0.2, -0.15) is 0 Å². The fourth-order valence-electron chi connectivity index (χ4n) is 3.20. The van der Waals surface area contributed by atoms with E-state index in [2.05, 4.69) is 43.5 Å². The van der Waals surface area contributed by atoms with Crippen LogP contribution in [0.25, 0.3) is 6.08 Å². The second kappa shape index (κ2) is 7.93. The zero-order valence-corrected chi connectivity index (χ0v) is 14.0. The van der Waals surface area contributed by atoms with Crippen LogP contribution in [-0.2, 0) is 16.1 Å². The van der Waals surface area contributed by atoms with E-state index in [1.165, 1.54) is 31.6 Å². The number of imidazole rings is 1. The molecular weight excluding hydrogens is 302 g/mol. The van der Waals surface area contributed by atoms with E-state index in [1.54, 1.807) is 6.08 Å². The maximum atomic E-state index is 11.2. The number of ether oxygens (including phenoxy) is 1. The molecular formula is C19H23N3O2. The van der Waals surface area contributed by atoms with E-state index in [0.717, 1.165) is 25.2 Å². The van der Waals surface area contributed by atoms with Crippen molar-refractivity contribution in [2.24, 2.45) is 0 Å². The molecule has 126 valence electrons. The lowest BCUT2D eigenvalue weighted by Crippen LogP contribution is -2.27. The Labute approximate surface area is 142 Å². The van der Waals surface area contributed by atoms with Crippen molar-refractivity contribution in [2.75, 3.05) is 20.2 Å². The molecule has 0 N–H and O–H groups in total. The molecule has 0 aliphatic carbocycles. The van der Waals surface area contributed by atoms with Gasteiger partial charge in [0.15, 0.2) is 0 Å². The molecule has 3 rings (SSSR count). The number of aromatic nitrogens is 2. The first-order chi connectivity index (χ1) is 11.8. The van der Waals surface area contributed by atoms with E-state index < -0.39 is 0 Å². The van der Waals surface area contributed by atoms with Crippen LogP contribution in [0.4, 0.5) is 0 Å². The van der Waals surface area contributed by atoms with Crippen LogP contribution in [0.5, 0.6) is 0 Å². The van der Waals surface area contributed by atoms with Crippen molar-refractivity contribution in [3.05, 3.63) is 60.2 Å². The van der Waals surface area contributed by atoms with Crippen LogP contribution < -0.4 is 0 Å². The maximum absolute atomic E-state index is 11.2. The van der Waals surface area contributed by atoms with Gasteiger partial charge in [-0.15, -0.1) is 0 Å². The highest BCUT2D eigenvalue weighted by molar-refractivity contribution is 5.86. The minimum Gasteiger partial charge on any atom is -0.466 e. The largest absolute Gasteiger partial charge is 0.466 e. The zero-order valence-electron chi connectivity index (χ0n) is 14.0. The number of carbonyl (C=O) groups is 1. The van der Waals surface area contributed by atoms with Crippen molar-refractivity contribution in [1.82, 2.24) is 14.5 Å². The molecule has 0 spiro atoms. The first-order valence-electron chi connectivity index (χ1n) is 8.32. The molecule has 24 heavy (non-hydrogen) atoms. The molecule has 0 bridgehead atoms. The standard InChI is InChI=1S/C19H23N3O2/c1-24-19(23)9-6-16-4-7-17(8-5-16)18-3-2-11-22(18)14-13-21-12-10-20-15-21/h4-10,12,15,18H,2-3,11,13-14H2,1H3/b9-6+/t18-/m0/s1. The quantitative estimate of drug-likeness (QED) is 0.605. The van der Waals surface area contributed by atoms with Crippen LogP contribution in [0.2, 0.25) is 0 Å². The highest BCUT2D eigenvalue weighted by atomic mass is 16.5. The molecule has 2 aromatic rings. The van der Waals surface area contributed by atoms with Gasteiger partial charge in [-0.3, -0.25) is 4.90 Å². The maximum Gasteiger partial charge on any atom is 0.330 e. The lowest BCUT2D eigenvalue weighted by Gasteiger charge is -2.25. The summed E-state index contributed by atoms with van der Waals surface area (Å²) in [7, 11) is 1.38. The third-order valence-electron chi connectivity index (χ3n) is 4.50. The summed E-state index contributed by atoms with van der Waals surface area (Å²) in [4.78, 5) is 17.8. The smallest absolute Gasteiger partial charge is 0.330 e. The molecule has 1 aromatic carbocycles. The molecule has 0 radical (unpaired) electrons. The second-order valence-corrected chi connectivity index (χ2v) is 6.02. The zero-order chi connectivity index (χ0) is 16.8. The van der Waals surface area contributed by atoms with Crippen molar-refractivity contribution < 1.29 is 9.53 Å². The lowest BCUT2D eigenvalue weighted by molar-refractivity contribution is -0.134. The molecule has 2 heterocycles. The number of likely N-dealkylation sites (tertiary alicyclic amines) is 1. The minimum atomic E-state index is -0.333. The summed E-state index contributed by atoms with van der Waals surface area (Å²) in [6.07, 6.45) is 11.4. The van der Waals surface area contributed by atoms with Gasteiger partial charge in [-0.25, -0.2) is 9.78 Å². The molecule has 1 atom stereocenters. The number of nitrogens with zero attached hydrogens (tertiary/aromatic N) is 3. The number of methoxy groups -OCH3 is 1. The van der Waals surface area contributed by atoms with Crippen molar-refractivity contribution in [3.8, 4) is 0 Å². The van der Waals surface area contributed by atoms with Gasteiger partial charge >= 0.3 is 5.97 Å². The summed E-state index contributed by atoms with van der Waals surface area (Å²) in [6, 6.07) is 8.92. The predicted octanol–water partition coefficient (Wildman–Crippen LogP) is 2.91. The van der Waals surface area contributed by atoms with E-state index in [-0.39, 0.29) is 5.97 Å². The SMILES string of the molecule is COC(=O)/C=C/c1ccc([C@@H]2CCCN2CCn2ccnc2)cc1. The Bertz CT molecular complexity index is 677. The minimum absolute atomic E-state index is 0.333. The molecule has 5 heteroatoms. The van der Waals surface area contributed by atoms with Gasteiger partial charge in [0, 0.05) is 37.6 Å². The van der Waals surface area contributed by atoms with E-state index in [9.17, 15) is 4.79 Å². The Hall–Kier alpha value is -2.40. The van der Waals surface area contributed by atoms with Gasteiger partial charge in [0.05, 0.1) is 13.4 Å². The molecule has 0 saturated carbocycles. The van der Waals surface area contributed by atoms with Gasteiger partial charge in [0.1, 0.15) is 0 Å². The Morgan fingerprint density at radius 2 is 2.17 bits per heavy atom. The molecule has 0 amide bonds. The van der Waals surface area contributed by atoms with Gasteiger partial charge in [0.25, 0.3) is 0 Å². The monoisotopic (exact) mass is 325 g/mol. The Morgan fingerprint density at radius 1 is 1.33 bits per heavy atom. The van der Waals surface area contributed by atoms with Crippen LogP contribution >= 0.6 is 0 Å². The number of hydrogen-bond acceptors (Lipinski definition) is 4. The Kier molecular flexibility index (Phi) is 5.43. The first-order valence-corrected chi connectivity index (χ1v) is 8.32. The molecule has 1 saturated heterocycles. The average molecular weight is 325 g/mol. The van der Waals surface area contributed by atoms with Gasteiger partial charge in [0.2, 0.25) is 0 Å². The summed E-state index contributed by atoms with van der Waals surface area (Å²) in [5.41, 5.74) is 2.35. The lowest BCUT2D eigenvalue weighted by atomic mass is 10.0. The van der Waals surface area contributed by atoms with Gasteiger partial charge < -0.3 is 9.30 Å². The molecule has 1 aliphatic rings. The van der Waals surface area contributed by atoms with E-state index in [1.807, 2.05) is 18.7 Å². The number of benzene rings is 1. The number of carbonyl (C=O) groups excluding carboxylic acids is 1. The highest BCUT2D eigenvalue weighted by Crippen LogP contribution is 2.31. The third kappa shape index (κ3) is 4.11. The molecule has 5 nitrogen and oxygen atoms in total. The van der Waals surface area contributed by atoms with Crippen LogP contribution in [0.3, 0.4) is 0 Å². The Morgan fingerprint density at radius 3 is 2.88 bits per heavy atom. The predicted molar refractivity (Wildman–Crippen MR) is 93.3 cm³/mol. The normalized spacial score (nSPS) is 18.3. The number of hydrogen-bond donors (Lipinski definition) is 0. The van der Waals surface area contributed by atoms with Crippen LogP contribution in [0.15, 0.2) is 49.1 Å². The summed E-state index contributed by atoms with van der Waals surface area (Å²) < 4.78 is 6.73. The fraction of sp³-hybridized carbons (Fsp3) is 0.368. The van der Waals surface area contributed by atoms with E-state index in [0.29, 0.717) is 6.04 Å². The number of rotatable bonds is 6. The van der Waals surface area contributed by atoms with Crippen LogP contribution in [0.1, 0.15) is 30.0 Å². The summed E-state index contributed by atoms with van der Waals surface area (Å²) in [5.74, 6) is -0.333. The van der Waals surface area contributed by atoms with Crippen molar-refractivity contribution in [1.29, 1.82) is 0 Å². The molecule has 1 fully saturated rings. The molecule has 0 unspecified atom stereocenters. The second-order valence-electron chi connectivity index (χ2n) is 6.02. The van der Waals surface area contributed by atoms with Crippen LogP contribution in [-0.4, -0.2) is 40.6 Å². The molecule has 1 aromatic heterocycles. The average Bonchev–Trinajstić information content (AvgIpc) is 3.29. The first kappa shape index (κ1) is 16.5. The van der Waals surface area contributed by atoms with E-state index >= 15 is 0 Å². The summed E-state index contributed by atoms with van der Waals surface area (Å²) >= 11 is 0. The topological polar surface area (TPSA) is 47.4 Å². The van der Waals surface area contributed by atoms with Crippen molar-refractivity contribution in [3.63, 3.8) is 0 Å². The van der Waals surface area contributed by atoms with Crippen molar-refractivity contribution >= 4 is 12.0 Å². The van der Waals surface area contributed by atoms with Gasteiger partial charge in [-0.1, -0.05) is 24.3 Å². The summed E-state index contributed by atoms with van der Waals surface area (Å²) in [6.45, 7) is 3.14. The van der Waals surface area contributed by atoms with E-state index in [4.69, 9.17) is 0 Å². The highest BCUT2D eigenvalue weighted by Gasteiger charge is 2.25. The third-order valence-corrected chi connectivity index (χ3v) is 4.50. The van der Waals surface area contributed by atoms with Gasteiger partial charge in [-0.05, 0) is 36.6 Å². The Balaban J connectivity index is 1.62. The van der Waals surface area contributed by atoms with Crippen LogP contribution in [0, 0.1) is 0 Å². The van der Waals surface area contributed by atoms with Crippen molar-refractivity contribution in [2.45, 2.75) is 25.4 Å². The fourth-order valence-corrected chi connectivity index (χ4v) is 3.20. The summed E-state index contributed by atoms with van der Waals surface area (Å²) in [5, 5.41) is 0. The number of esters is 1.